The van der Waals surface area contributed by atoms with Gasteiger partial charge < -0.3 is 43.8 Å². The third kappa shape index (κ3) is 8.41. The number of aryl methyl sites for hydroxylation is 1. The molecule has 19 nitrogen and oxygen atoms in total. The number of amides is 1. The fourth-order valence-electron chi connectivity index (χ4n) is 13.3. The number of hydrogen-bond acceptors (Lipinski definition) is 16. The number of aromatic amines is 1. The molecule has 13 rings (SSSR count). The Hall–Kier alpha value is -6.03. The van der Waals surface area contributed by atoms with E-state index in [1.165, 1.54) is 42.9 Å². The van der Waals surface area contributed by atoms with Gasteiger partial charge in [-0.25, -0.2) is 13.1 Å². The third-order valence-electron chi connectivity index (χ3n) is 17.5. The number of aromatic nitrogens is 2. The first-order chi connectivity index (χ1) is 35.9. The molecular formula is C54H63N9O10S. The van der Waals surface area contributed by atoms with Gasteiger partial charge in [-0.1, -0.05) is 24.3 Å². The molecule has 8 aliphatic rings. The van der Waals surface area contributed by atoms with Crippen molar-refractivity contribution in [2.45, 2.75) is 112 Å². The van der Waals surface area contributed by atoms with Crippen LogP contribution in [0.4, 0.5) is 28.4 Å². The quantitative estimate of drug-likeness (QED) is 0.0968. The first-order valence-corrected chi connectivity index (χ1v) is 27.8. The molecule has 9 heterocycles. The van der Waals surface area contributed by atoms with Crippen molar-refractivity contribution in [3.8, 4) is 11.6 Å². The Morgan fingerprint density at radius 2 is 1.74 bits per heavy atom. The molecule has 1 aliphatic carbocycles. The molecule has 5 aromatic rings. The van der Waals surface area contributed by atoms with Crippen molar-refractivity contribution < 1.29 is 41.8 Å². The topological polar surface area (TPSA) is 206 Å². The van der Waals surface area contributed by atoms with Gasteiger partial charge in [0.25, 0.3) is 21.6 Å². The van der Waals surface area contributed by atoms with Crippen LogP contribution in [0.15, 0.2) is 77.8 Å². The minimum Gasteiger partial charge on any atom is -0.489 e. The zero-order valence-electron chi connectivity index (χ0n) is 41.7. The van der Waals surface area contributed by atoms with E-state index in [0.717, 1.165) is 49.6 Å². The summed E-state index contributed by atoms with van der Waals surface area (Å²) in [4.78, 5) is 44.0. The predicted molar refractivity (Wildman–Crippen MR) is 276 cm³/mol. The number of ether oxygens (including phenoxy) is 5. The van der Waals surface area contributed by atoms with Gasteiger partial charge in [-0.05, 0) is 112 Å². The number of H-pyrrole nitrogens is 1. The molecule has 1 amide bonds. The van der Waals surface area contributed by atoms with E-state index in [1.54, 1.807) is 6.07 Å². The van der Waals surface area contributed by atoms with Crippen LogP contribution in [0.1, 0.15) is 79.4 Å². The number of hydrogen-bond donors (Lipinski definition) is 3. The highest BCUT2D eigenvalue weighted by molar-refractivity contribution is 7.90. The maximum absolute atomic E-state index is 14.9. The summed E-state index contributed by atoms with van der Waals surface area (Å²) in [5.74, 6) is -0.540. The van der Waals surface area contributed by atoms with Crippen LogP contribution in [-0.4, -0.2) is 147 Å². The molecule has 6 fully saturated rings. The van der Waals surface area contributed by atoms with Gasteiger partial charge in [-0.2, -0.15) is 4.98 Å². The number of piperidine rings is 1. The number of carbonyl (C=O) groups is 1. The molecule has 1 spiro atoms. The predicted octanol–water partition coefficient (Wildman–Crippen LogP) is 6.83. The Morgan fingerprint density at radius 3 is 2.54 bits per heavy atom. The lowest BCUT2D eigenvalue weighted by Crippen LogP contribution is -2.62. The number of sulfonamides is 1. The normalized spacial score (nSPS) is 27.2. The molecule has 390 valence electrons. The van der Waals surface area contributed by atoms with E-state index in [9.17, 15) is 23.3 Å². The molecule has 0 bridgehead atoms. The maximum Gasteiger partial charge on any atom is 0.297 e. The molecule has 74 heavy (non-hydrogen) atoms. The van der Waals surface area contributed by atoms with Crippen LogP contribution >= 0.6 is 0 Å². The average Bonchev–Trinajstić information content (AvgIpc) is 4.06. The lowest BCUT2D eigenvalue weighted by Gasteiger charge is -2.56. The van der Waals surface area contributed by atoms with Crippen molar-refractivity contribution in [1.29, 1.82) is 0 Å². The molecular weight excluding hydrogens is 967 g/mol. The van der Waals surface area contributed by atoms with Crippen LogP contribution in [0.2, 0.25) is 0 Å². The number of anilines is 4. The van der Waals surface area contributed by atoms with Gasteiger partial charge in [0, 0.05) is 73.8 Å². The Morgan fingerprint density at radius 1 is 0.905 bits per heavy atom. The molecule has 2 aromatic heterocycles. The third-order valence-corrected chi connectivity index (χ3v) is 18.8. The minimum absolute atomic E-state index is 0.0102. The summed E-state index contributed by atoms with van der Waals surface area (Å²) in [6.07, 6.45) is 8.52. The highest BCUT2D eigenvalue weighted by Gasteiger charge is 2.50. The first-order valence-electron chi connectivity index (χ1n) is 26.3. The number of fused-ring (bicyclic) bond motifs is 4. The van der Waals surface area contributed by atoms with Crippen molar-refractivity contribution in [1.82, 2.24) is 24.5 Å². The summed E-state index contributed by atoms with van der Waals surface area (Å²) in [6, 6.07) is 21.3. The minimum atomic E-state index is -4.72. The van der Waals surface area contributed by atoms with E-state index in [2.05, 4.69) is 72.7 Å². The molecule has 6 atom stereocenters. The van der Waals surface area contributed by atoms with E-state index in [0.29, 0.717) is 81.0 Å². The van der Waals surface area contributed by atoms with E-state index in [4.69, 9.17) is 28.7 Å². The Labute approximate surface area is 430 Å². The summed E-state index contributed by atoms with van der Waals surface area (Å²) in [7, 11) is -4.72. The lowest BCUT2D eigenvalue weighted by atomic mass is 9.59. The van der Waals surface area contributed by atoms with Crippen LogP contribution in [0.25, 0.3) is 11.0 Å². The number of carbonyl (C=O) groups excluding carboxylic acids is 1. The number of nitrogens with one attached hydrogen (secondary N) is 3. The van der Waals surface area contributed by atoms with Crippen molar-refractivity contribution in [2.75, 3.05) is 80.9 Å². The average molecular weight is 1030 g/mol. The van der Waals surface area contributed by atoms with Crippen LogP contribution in [-0.2, 0) is 24.2 Å². The number of nitrogens with zero attached hydrogens (tertiary/aromatic N) is 6. The van der Waals surface area contributed by atoms with Crippen molar-refractivity contribution >= 4 is 55.4 Å². The number of nitro benzene ring substituents is 1. The molecule has 0 radical (unpaired) electrons. The number of rotatable bonds is 10. The van der Waals surface area contributed by atoms with Crippen molar-refractivity contribution in [2.24, 2.45) is 5.41 Å². The molecule has 1 saturated carbocycles. The lowest BCUT2D eigenvalue weighted by molar-refractivity contribution is -0.384. The number of benzene rings is 3. The SMILES string of the molecule is Cc1ccccc1[C@@H]1CCCN1C1CC2(CCN(c3ccc(C(=O)NS(=O)(=O)c4cc5c(c([N+](=O)[O-])c4)N[C@@H]([C@H]4CN(C6COC6)[C@H](C)CO4)CO5)c(N4c5cc6cc[nH]c6nc5O[C@@H]5COCC[C@@H]54)c3)CC2)C1. The maximum atomic E-state index is 14.9. The highest BCUT2D eigenvalue weighted by Crippen LogP contribution is 2.55. The van der Waals surface area contributed by atoms with E-state index in [-0.39, 0.29) is 53.3 Å². The Kier molecular flexibility index (Phi) is 12.0. The van der Waals surface area contributed by atoms with Crippen LogP contribution < -0.4 is 29.3 Å². The molecule has 7 aliphatic heterocycles. The van der Waals surface area contributed by atoms with Gasteiger partial charge in [-0.3, -0.25) is 24.7 Å². The summed E-state index contributed by atoms with van der Waals surface area (Å²) < 4.78 is 61.4. The standard InChI is InChI=1S/C54H63N9O10S/c1-32-6-3-4-7-39(32)42-8-5-16-60(42)36-24-54(25-36)13-17-59(18-14-54)35-9-10-40(44(21-35)62-43-12-19-69-31-49(43)73-53-46(62)20-34-11-15-55-51(34)57-53)52(64)58-74(67,68)38-22-45(63(65)66)50-47(23-38)72-30-41(56-50)48-26-61(33(2)27-71-48)37-28-70-29-37/h3-4,6-7,9-11,15,20-23,33,36-37,41-43,48-49,56H,5,8,12-14,16-19,24-31H2,1-2H3,(H,55,57)(H,58,64)/t33-,41-,42+,43+,48-,49-/m1/s1. The van der Waals surface area contributed by atoms with Crippen LogP contribution in [0.3, 0.4) is 0 Å². The van der Waals surface area contributed by atoms with Gasteiger partial charge in [0.2, 0.25) is 5.88 Å². The molecule has 20 heteroatoms. The molecule has 5 saturated heterocycles. The monoisotopic (exact) mass is 1030 g/mol. The van der Waals surface area contributed by atoms with Crippen molar-refractivity contribution in [3.63, 3.8) is 0 Å². The molecule has 3 N–H and O–H groups in total. The number of pyridine rings is 1. The van der Waals surface area contributed by atoms with Crippen LogP contribution in [0.5, 0.6) is 11.6 Å². The zero-order valence-corrected chi connectivity index (χ0v) is 42.6. The second-order valence-electron chi connectivity index (χ2n) is 21.9. The van der Waals surface area contributed by atoms with Gasteiger partial charge in [-0.15, -0.1) is 0 Å². The second kappa shape index (κ2) is 18.7. The van der Waals surface area contributed by atoms with Gasteiger partial charge in [0.15, 0.2) is 11.4 Å². The largest absolute Gasteiger partial charge is 0.489 e. The summed E-state index contributed by atoms with van der Waals surface area (Å²) in [6.45, 7) is 10.3. The van der Waals surface area contributed by atoms with Crippen molar-refractivity contribution in [3.05, 3.63) is 99.7 Å². The van der Waals surface area contributed by atoms with E-state index < -0.39 is 43.6 Å². The fraction of sp³-hybridized carbons (Fsp3) is 0.519. The van der Waals surface area contributed by atoms with E-state index >= 15 is 0 Å². The van der Waals surface area contributed by atoms with E-state index in [1.807, 2.05) is 30.5 Å². The fourth-order valence-corrected chi connectivity index (χ4v) is 14.3. The molecule has 0 unspecified atom stereocenters. The molecule has 3 aromatic carbocycles. The summed E-state index contributed by atoms with van der Waals surface area (Å²) >= 11 is 0. The van der Waals surface area contributed by atoms with Gasteiger partial charge in [0.05, 0.1) is 71.7 Å². The Balaban J connectivity index is 0.785. The Bertz CT molecular complexity index is 3110. The van der Waals surface area contributed by atoms with Gasteiger partial charge >= 0.3 is 0 Å². The highest BCUT2D eigenvalue weighted by atomic mass is 32.2. The number of likely N-dealkylation sites (tertiary alicyclic amines) is 1. The van der Waals surface area contributed by atoms with Gasteiger partial charge in [0.1, 0.15) is 24.0 Å². The summed E-state index contributed by atoms with van der Waals surface area (Å²) in [5.41, 5.74) is 5.47. The smallest absolute Gasteiger partial charge is 0.297 e. The zero-order chi connectivity index (χ0) is 50.5. The second-order valence-corrected chi connectivity index (χ2v) is 23.5. The number of morpholine rings is 1. The summed E-state index contributed by atoms with van der Waals surface area (Å²) in [5, 5.41) is 16.8. The van der Waals surface area contributed by atoms with Crippen LogP contribution in [0, 0.1) is 22.5 Å². The number of nitro groups is 1. The first kappa shape index (κ1) is 47.7.